The van der Waals surface area contributed by atoms with Crippen LogP contribution in [-0.2, 0) is 0 Å². The van der Waals surface area contributed by atoms with Gasteiger partial charge in [-0.1, -0.05) is 0 Å². The third-order valence-corrected chi connectivity index (χ3v) is 4.06. The minimum atomic E-state index is -0.357. The average molecular weight is 299 g/mol. The summed E-state index contributed by atoms with van der Waals surface area (Å²) in [5, 5.41) is 15.7. The van der Waals surface area contributed by atoms with Crippen molar-refractivity contribution in [2.75, 3.05) is 12.4 Å². The maximum Gasteiger partial charge on any atom is 0.259 e. The number of thiophene rings is 1. The van der Waals surface area contributed by atoms with E-state index in [2.05, 4.69) is 5.32 Å². The van der Waals surface area contributed by atoms with Gasteiger partial charge in [-0.3, -0.25) is 4.79 Å². The van der Waals surface area contributed by atoms with E-state index in [1.54, 1.807) is 17.4 Å². The number of aromatic hydroxyl groups is 1. The summed E-state index contributed by atoms with van der Waals surface area (Å²) in [5.74, 6) is 0.0388. The highest BCUT2D eigenvalue weighted by Crippen LogP contribution is 2.26. The average Bonchev–Trinajstić information content (AvgIpc) is 2.94. The minimum absolute atomic E-state index is 0.108. The standard InChI is InChI=1S/C16H13NO3S/c1-20-12-3-4-13(14(18)9-12)16(19)17-11-2-5-15-10(8-11)6-7-21-15/h2-9,18H,1H3,(H,17,19). The molecule has 0 aliphatic carbocycles. The van der Waals surface area contributed by atoms with Gasteiger partial charge in [0.05, 0.1) is 12.7 Å². The summed E-state index contributed by atoms with van der Waals surface area (Å²) in [6, 6.07) is 12.3. The zero-order chi connectivity index (χ0) is 14.8. The van der Waals surface area contributed by atoms with Crippen LogP contribution in [-0.4, -0.2) is 18.1 Å². The van der Waals surface area contributed by atoms with Gasteiger partial charge in [-0.05, 0) is 47.2 Å². The molecule has 1 heterocycles. The van der Waals surface area contributed by atoms with Crippen molar-refractivity contribution in [3.63, 3.8) is 0 Å². The van der Waals surface area contributed by atoms with Crippen LogP contribution in [0.25, 0.3) is 10.1 Å². The first-order chi connectivity index (χ1) is 10.2. The lowest BCUT2D eigenvalue weighted by Gasteiger charge is -2.08. The Labute approximate surface area is 125 Å². The number of nitrogens with one attached hydrogen (secondary N) is 1. The number of benzene rings is 2. The van der Waals surface area contributed by atoms with Gasteiger partial charge < -0.3 is 15.2 Å². The molecule has 2 aromatic carbocycles. The lowest BCUT2D eigenvalue weighted by molar-refractivity contribution is 0.102. The first-order valence-electron chi connectivity index (χ1n) is 6.33. The van der Waals surface area contributed by atoms with Crippen molar-refractivity contribution in [2.24, 2.45) is 0 Å². The van der Waals surface area contributed by atoms with Crippen LogP contribution in [0.3, 0.4) is 0 Å². The molecule has 0 bridgehead atoms. The molecule has 0 unspecified atom stereocenters. The number of fused-ring (bicyclic) bond motifs is 1. The maximum absolute atomic E-state index is 12.2. The van der Waals surface area contributed by atoms with Crippen LogP contribution in [0.4, 0.5) is 5.69 Å². The summed E-state index contributed by atoms with van der Waals surface area (Å²) < 4.78 is 6.16. The van der Waals surface area contributed by atoms with Crippen molar-refractivity contribution < 1.29 is 14.6 Å². The van der Waals surface area contributed by atoms with Crippen LogP contribution in [0.5, 0.6) is 11.5 Å². The van der Waals surface area contributed by atoms with E-state index in [4.69, 9.17) is 4.74 Å². The number of amides is 1. The summed E-state index contributed by atoms with van der Waals surface area (Å²) in [6.45, 7) is 0. The first-order valence-corrected chi connectivity index (χ1v) is 7.21. The van der Waals surface area contributed by atoms with Gasteiger partial charge in [0.15, 0.2) is 0 Å². The van der Waals surface area contributed by atoms with Gasteiger partial charge >= 0.3 is 0 Å². The molecule has 1 aromatic heterocycles. The Hall–Kier alpha value is -2.53. The Bertz CT molecular complexity index is 810. The van der Waals surface area contributed by atoms with Gasteiger partial charge in [-0.15, -0.1) is 11.3 Å². The Kier molecular flexibility index (Phi) is 3.50. The zero-order valence-electron chi connectivity index (χ0n) is 11.3. The number of phenolic OH excluding ortho intramolecular Hbond substituents is 1. The largest absolute Gasteiger partial charge is 0.507 e. The van der Waals surface area contributed by atoms with E-state index in [1.165, 1.54) is 23.9 Å². The van der Waals surface area contributed by atoms with Crippen molar-refractivity contribution in [2.45, 2.75) is 0 Å². The number of anilines is 1. The van der Waals surface area contributed by atoms with Gasteiger partial charge in [0.25, 0.3) is 5.91 Å². The predicted octanol–water partition coefficient (Wildman–Crippen LogP) is 3.87. The molecule has 0 aliphatic rings. The monoisotopic (exact) mass is 299 g/mol. The highest BCUT2D eigenvalue weighted by atomic mass is 32.1. The lowest BCUT2D eigenvalue weighted by atomic mass is 10.1. The molecule has 2 N–H and O–H groups in total. The molecule has 1 amide bonds. The maximum atomic E-state index is 12.2. The number of ether oxygens (including phenoxy) is 1. The molecule has 3 rings (SSSR count). The van der Waals surface area contributed by atoms with Crippen LogP contribution >= 0.6 is 11.3 Å². The van der Waals surface area contributed by atoms with Crippen LogP contribution < -0.4 is 10.1 Å². The fourth-order valence-corrected chi connectivity index (χ4v) is 2.84. The molecule has 0 saturated heterocycles. The number of carbonyl (C=O) groups excluding carboxylic acids is 1. The SMILES string of the molecule is COc1ccc(C(=O)Nc2ccc3sccc3c2)c(O)c1. The second-order valence-electron chi connectivity index (χ2n) is 4.51. The zero-order valence-corrected chi connectivity index (χ0v) is 12.1. The summed E-state index contributed by atoms with van der Waals surface area (Å²) in [5.41, 5.74) is 0.905. The minimum Gasteiger partial charge on any atom is -0.507 e. The molecule has 3 aromatic rings. The molecule has 5 heteroatoms. The molecular formula is C16H13NO3S. The molecule has 0 saturated carbocycles. The van der Waals surface area contributed by atoms with Gasteiger partial charge in [-0.25, -0.2) is 0 Å². The van der Waals surface area contributed by atoms with Gasteiger partial charge in [-0.2, -0.15) is 0 Å². The number of rotatable bonds is 3. The summed E-state index contributed by atoms with van der Waals surface area (Å²) in [4.78, 5) is 12.2. The van der Waals surface area contributed by atoms with E-state index in [1.807, 2.05) is 29.6 Å². The summed E-state index contributed by atoms with van der Waals surface area (Å²) in [6.07, 6.45) is 0. The molecule has 0 spiro atoms. The predicted molar refractivity (Wildman–Crippen MR) is 84.4 cm³/mol. The Morgan fingerprint density at radius 2 is 2.05 bits per heavy atom. The van der Waals surface area contributed by atoms with Crippen LogP contribution in [0.2, 0.25) is 0 Å². The van der Waals surface area contributed by atoms with Crippen molar-refractivity contribution >= 4 is 33.0 Å². The highest BCUT2D eigenvalue weighted by Gasteiger charge is 2.12. The van der Waals surface area contributed by atoms with Crippen molar-refractivity contribution in [1.29, 1.82) is 0 Å². The fraction of sp³-hybridized carbons (Fsp3) is 0.0625. The molecule has 0 atom stereocenters. The summed E-state index contributed by atoms with van der Waals surface area (Å²) in [7, 11) is 1.50. The third-order valence-electron chi connectivity index (χ3n) is 3.16. The number of methoxy groups -OCH3 is 1. The van der Waals surface area contributed by atoms with Crippen LogP contribution in [0, 0.1) is 0 Å². The highest BCUT2D eigenvalue weighted by molar-refractivity contribution is 7.17. The van der Waals surface area contributed by atoms with Crippen LogP contribution in [0.1, 0.15) is 10.4 Å². The lowest BCUT2D eigenvalue weighted by Crippen LogP contribution is -2.12. The van der Waals surface area contributed by atoms with Crippen molar-refractivity contribution in [3.05, 3.63) is 53.4 Å². The summed E-state index contributed by atoms with van der Waals surface area (Å²) >= 11 is 1.65. The van der Waals surface area contributed by atoms with E-state index < -0.39 is 0 Å². The molecule has 0 radical (unpaired) electrons. The molecule has 0 fully saturated rings. The van der Waals surface area contributed by atoms with Crippen molar-refractivity contribution in [1.82, 2.24) is 0 Å². The van der Waals surface area contributed by atoms with E-state index in [-0.39, 0.29) is 17.2 Å². The van der Waals surface area contributed by atoms with E-state index in [9.17, 15) is 9.90 Å². The topological polar surface area (TPSA) is 58.6 Å². The van der Waals surface area contributed by atoms with E-state index in [0.717, 1.165) is 5.39 Å². The fourth-order valence-electron chi connectivity index (χ4n) is 2.07. The van der Waals surface area contributed by atoms with Crippen molar-refractivity contribution in [3.8, 4) is 11.5 Å². The molecular weight excluding hydrogens is 286 g/mol. The second-order valence-corrected chi connectivity index (χ2v) is 5.46. The van der Waals surface area contributed by atoms with Gasteiger partial charge in [0.1, 0.15) is 11.5 Å². The Morgan fingerprint density at radius 1 is 1.19 bits per heavy atom. The Morgan fingerprint density at radius 3 is 2.81 bits per heavy atom. The molecule has 0 aliphatic heterocycles. The van der Waals surface area contributed by atoms with E-state index >= 15 is 0 Å². The quantitative estimate of drug-likeness (QED) is 0.772. The number of carbonyl (C=O) groups is 1. The smallest absolute Gasteiger partial charge is 0.259 e. The first kappa shape index (κ1) is 13.5. The van der Waals surface area contributed by atoms with Gasteiger partial charge in [0, 0.05) is 16.5 Å². The third kappa shape index (κ3) is 2.68. The van der Waals surface area contributed by atoms with Gasteiger partial charge in [0.2, 0.25) is 0 Å². The Balaban J connectivity index is 1.85. The molecule has 21 heavy (non-hydrogen) atoms. The number of hydrogen-bond acceptors (Lipinski definition) is 4. The van der Waals surface area contributed by atoms with E-state index in [0.29, 0.717) is 11.4 Å². The molecule has 4 nitrogen and oxygen atoms in total. The number of phenols is 1. The van der Waals surface area contributed by atoms with Crippen LogP contribution in [0.15, 0.2) is 47.8 Å². The number of hydrogen-bond donors (Lipinski definition) is 2. The second kappa shape index (κ2) is 5.46. The normalized spacial score (nSPS) is 10.5. The molecule has 106 valence electrons.